The van der Waals surface area contributed by atoms with E-state index in [2.05, 4.69) is 5.16 Å². The van der Waals surface area contributed by atoms with Crippen molar-refractivity contribution in [1.82, 2.24) is 5.16 Å². The third-order valence-corrected chi connectivity index (χ3v) is 2.64. The van der Waals surface area contributed by atoms with Crippen LogP contribution in [0.1, 0.15) is 18.2 Å². The first kappa shape index (κ1) is 12.0. The van der Waals surface area contributed by atoms with Crippen molar-refractivity contribution in [3.63, 3.8) is 0 Å². The molecule has 90 valence electrons. The van der Waals surface area contributed by atoms with E-state index < -0.39 is 5.92 Å². The molecule has 17 heavy (non-hydrogen) atoms. The molecule has 0 aliphatic carbocycles. The maximum absolute atomic E-state index is 13.0. The first-order valence-corrected chi connectivity index (χ1v) is 5.54. The highest BCUT2D eigenvalue weighted by Gasteiger charge is 2.23. The molecule has 0 aliphatic rings. The SMILES string of the molecule is CC(F)(F)c1ccc(-c2cc(CCl)on2)cc1. The van der Waals surface area contributed by atoms with Gasteiger partial charge in [-0.1, -0.05) is 29.4 Å². The van der Waals surface area contributed by atoms with E-state index in [-0.39, 0.29) is 11.4 Å². The van der Waals surface area contributed by atoms with Crippen LogP contribution in [0.15, 0.2) is 34.9 Å². The number of halogens is 3. The summed E-state index contributed by atoms with van der Waals surface area (Å²) in [5.74, 6) is -2.05. The van der Waals surface area contributed by atoms with Gasteiger partial charge < -0.3 is 4.52 Å². The van der Waals surface area contributed by atoms with Crippen LogP contribution in [0, 0.1) is 0 Å². The fourth-order valence-electron chi connectivity index (χ4n) is 1.45. The topological polar surface area (TPSA) is 26.0 Å². The monoisotopic (exact) mass is 257 g/mol. The summed E-state index contributed by atoms with van der Waals surface area (Å²) in [6.45, 7) is 0.865. The number of nitrogens with zero attached hydrogens (tertiary/aromatic N) is 1. The Morgan fingerprint density at radius 2 is 1.94 bits per heavy atom. The van der Waals surface area contributed by atoms with Crippen LogP contribution in [0.25, 0.3) is 11.3 Å². The minimum atomic E-state index is -2.83. The van der Waals surface area contributed by atoms with E-state index in [0.717, 1.165) is 12.5 Å². The van der Waals surface area contributed by atoms with Crippen LogP contribution in [0.3, 0.4) is 0 Å². The minimum Gasteiger partial charge on any atom is -0.359 e. The second-order valence-electron chi connectivity index (χ2n) is 3.78. The average molecular weight is 258 g/mol. The van der Waals surface area contributed by atoms with E-state index in [1.165, 1.54) is 12.1 Å². The lowest BCUT2D eigenvalue weighted by Crippen LogP contribution is -2.06. The number of hydrogen-bond donors (Lipinski definition) is 0. The summed E-state index contributed by atoms with van der Waals surface area (Å²) in [4.78, 5) is 0. The lowest BCUT2D eigenvalue weighted by Gasteiger charge is -2.10. The van der Waals surface area contributed by atoms with Crippen LogP contribution >= 0.6 is 11.6 Å². The summed E-state index contributed by atoms with van der Waals surface area (Å²) in [5, 5.41) is 3.80. The Labute approximate surface area is 102 Å². The molecule has 0 radical (unpaired) electrons. The highest BCUT2D eigenvalue weighted by molar-refractivity contribution is 6.16. The molecule has 0 amide bonds. The van der Waals surface area contributed by atoms with Crippen LogP contribution < -0.4 is 0 Å². The second-order valence-corrected chi connectivity index (χ2v) is 4.05. The molecule has 2 rings (SSSR count). The average Bonchev–Trinajstić information content (AvgIpc) is 2.76. The molecule has 0 saturated heterocycles. The molecule has 2 nitrogen and oxygen atoms in total. The van der Waals surface area contributed by atoms with Gasteiger partial charge in [0, 0.05) is 24.1 Å². The van der Waals surface area contributed by atoms with Gasteiger partial charge in [-0.15, -0.1) is 11.6 Å². The van der Waals surface area contributed by atoms with Gasteiger partial charge in [0.1, 0.15) is 5.69 Å². The smallest absolute Gasteiger partial charge is 0.270 e. The zero-order chi connectivity index (χ0) is 12.5. The van der Waals surface area contributed by atoms with Gasteiger partial charge >= 0.3 is 0 Å². The largest absolute Gasteiger partial charge is 0.359 e. The molecule has 1 aromatic carbocycles. The molecule has 2 aromatic rings. The summed E-state index contributed by atoms with van der Waals surface area (Å²) in [6.07, 6.45) is 0. The predicted octanol–water partition coefficient (Wildman–Crippen LogP) is 4.19. The van der Waals surface area contributed by atoms with E-state index in [1.54, 1.807) is 18.2 Å². The van der Waals surface area contributed by atoms with Crippen molar-refractivity contribution >= 4 is 11.6 Å². The number of rotatable bonds is 3. The van der Waals surface area contributed by atoms with E-state index in [4.69, 9.17) is 16.1 Å². The van der Waals surface area contributed by atoms with Crippen molar-refractivity contribution in [2.45, 2.75) is 18.7 Å². The molecule has 0 spiro atoms. The van der Waals surface area contributed by atoms with Crippen LogP contribution in [0.5, 0.6) is 0 Å². The first-order valence-electron chi connectivity index (χ1n) is 5.01. The molecule has 0 atom stereocenters. The van der Waals surface area contributed by atoms with Crippen molar-refractivity contribution in [3.05, 3.63) is 41.7 Å². The molecule has 0 fully saturated rings. The molecular formula is C12H10ClF2NO. The standard InChI is InChI=1S/C12H10ClF2NO/c1-12(14,15)9-4-2-8(3-5-9)11-6-10(7-13)17-16-11/h2-6H,7H2,1H3. The van der Waals surface area contributed by atoms with Gasteiger partial charge in [0.25, 0.3) is 5.92 Å². The zero-order valence-corrected chi connectivity index (χ0v) is 9.84. The normalized spacial score (nSPS) is 11.8. The van der Waals surface area contributed by atoms with Gasteiger partial charge in [0.2, 0.25) is 0 Å². The summed E-state index contributed by atoms with van der Waals surface area (Å²) in [7, 11) is 0. The summed E-state index contributed by atoms with van der Waals surface area (Å²) >= 11 is 5.58. The van der Waals surface area contributed by atoms with Crippen molar-refractivity contribution in [2.24, 2.45) is 0 Å². The van der Waals surface area contributed by atoms with Gasteiger partial charge in [0.15, 0.2) is 5.76 Å². The Morgan fingerprint density at radius 3 is 2.41 bits per heavy atom. The third kappa shape index (κ3) is 2.64. The molecule has 0 saturated carbocycles. The number of hydrogen-bond acceptors (Lipinski definition) is 2. The van der Waals surface area contributed by atoms with Gasteiger partial charge in [-0.05, 0) is 0 Å². The Balaban J connectivity index is 2.29. The molecular weight excluding hydrogens is 248 g/mol. The van der Waals surface area contributed by atoms with Gasteiger partial charge in [-0.2, -0.15) is 0 Å². The highest BCUT2D eigenvalue weighted by atomic mass is 35.5. The predicted molar refractivity (Wildman–Crippen MR) is 61.1 cm³/mol. The number of aromatic nitrogens is 1. The van der Waals surface area contributed by atoms with E-state index in [9.17, 15) is 8.78 Å². The van der Waals surface area contributed by atoms with E-state index in [0.29, 0.717) is 11.5 Å². The second kappa shape index (κ2) is 4.45. The van der Waals surface area contributed by atoms with E-state index >= 15 is 0 Å². The molecule has 1 heterocycles. The van der Waals surface area contributed by atoms with Crippen LogP contribution in [-0.4, -0.2) is 5.16 Å². The Hall–Kier alpha value is -1.42. The van der Waals surface area contributed by atoms with Crippen molar-refractivity contribution in [1.29, 1.82) is 0 Å². The highest BCUT2D eigenvalue weighted by Crippen LogP contribution is 2.29. The molecule has 1 aromatic heterocycles. The third-order valence-electron chi connectivity index (χ3n) is 2.38. The number of benzene rings is 1. The lowest BCUT2D eigenvalue weighted by molar-refractivity contribution is 0.0175. The van der Waals surface area contributed by atoms with Crippen molar-refractivity contribution in [2.75, 3.05) is 0 Å². The van der Waals surface area contributed by atoms with Crippen LogP contribution in [0.2, 0.25) is 0 Å². The van der Waals surface area contributed by atoms with Crippen molar-refractivity contribution in [3.8, 4) is 11.3 Å². The maximum Gasteiger partial charge on any atom is 0.270 e. The Kier molecular flexibility index (Phi) is 3.15. The molecule has 0 unspecified atom stereocenters. The minimum absolute atomic E-state index is 0.0256. The van der Waals surface area contributed by atoms with Crippen molar-refractivity contribution < 1.29 is 13.3 Å². The maximum atomic E-state index is 13.0. The fraction of sp³-hybridized carbons (Fsp3) is 0.250. The lowest BCUT2D eigenvalue weighted by atomic mass is 10.1. The fourth-order valence-corrected chi connectivity index (χ4v) is 1.57. The summed E-state index contributed by atoms with van der Waals surface area (Å²) in [5.41, 5.74) is 1.28. The van der Waals surface area contributed by atoms with Gasteiger partial charge in [0.05, 0.1) is 5.88 Å². The van der Waals surface area contributed by atoms with E-state index in [1.807, 2.05) is 0 Å². The van der Waals surface area contributed by atoms with Crippen LogP contribution in [-0.2, 0) is 11.8 Å². The van der Waals surface area contributed by atoms with Gasteiger partial charge in [-0.25, -0.2) is 8.78 Å². The molecule has 0 N–H and O–H groups in total. The zero-order valence-electron chi connectivity index (χ0n) is 9.08. The molecule has 0 aliphatic heterocycles. The Bertz CT molecular complexity index is 502. The Morgan fingerprint density at radius 1 is 1.29 bits per heavy atom. The number of alkyl halides is 3. The molecule has 5 heteroatoms. The summed E-state index contributed by atoms with van der Waals surface area (Å²) < 4.78 is 30.9. The van der Waals surface area contributed by atoms with Crippen LogP contribution in [0.4, 0.5) is 8.78 Å². The van der Waals surface area contributed by atoms with Gasteiger partial charge in [-0.3, -0.25) is 0 Å². The first-order chi connectivity index (χ1) is 8.00. The quantitative estimate of drug-likeness (QED) is 0.771. The molecule has 0 bridgehead atoms. The summed E-state index contributed by atoms with van der Waals surface area (Å²) in [6, 6.07) is 7.62.